The first-order valence-corrected chi connectivity index (χ1v) is 6.74. The molecule has 0 amide bonds. The molecule has 0 unspecified atom stereocenters. The molecule has 0 aliphatic carbocycles. The Kier molecular flexibility index (Phi) is 4.33. The van der Waals surface area contributed by atoms with E-state index in [1.54, 1.807) is 0 Å². The summed E-state index contributed by atoms with van der Waals surface area (Å²) in [5, 5.41) is 0. The van der Waals surface area contributed by atoms with Crippen molar-refractivity contribution in [1.82, 2.24) is 4.90 Å². The predicted molar refractivity (Wildman–Crippen MR) is 69.5 cm³/mol. The highest BCUT2D eigenvalue weighted by atomic mass is 19.1. The maximum atomic E-state index is 13.6. The van der Waals surface area contributed by atoms with Gasteiger partial charge in [0.1, 0.15) is 11.6 Å². The van der Waals surface area contributed by atoms with Crippen molar-refractivity contribution in [1.29, 1.82) is 0 Å². The standard InChI is InChI=1S/C15H21F2N/c1-11(2)18-7-5-12(6-8-18)9-13-10-14(16)3-4-15(13)17/h3-4,10-12H,5-9H2,1-2H3. The van der Waals surface area contributed by atoms with Crippen molar-refractivity contribution < 1.29 is 8.78 Å². The van der Waals surface area contributed by atoms with Crippen LogP contribution in [0.25, 0.3) is 0 Å². The molecule has 1 aliphatic heterocycles. The zero-order valence-electron chi connectivity index (χ0n) is 11.1. The highest BCUT2D eigenvalue weighted by Gasteiger charge is 2.21. The average Bonchev–Trinajstić information content (AvgIpc) is 2.34. The predicted octanol–water partition coefficient (Wildman–Crippen LogP) is 3.63. The molecule has 1 aliphatic rings. The first-order valence-electron chi connectivity index (χ1n) is 6.74. The number of piperidine rings is 1. The molecule has 1 nitrogen and oxygen atoms in total. The van der Waals surface area contributed by atoms with Gasteiger partial charge in [0.05, 0.1) is 0 Å². The third-order valence-electron chi connectivity index (χ3n) is 3.90. The fourth-order valence-electron chi connectivity index (χ4n) is 2.68. The second kappa shape index (κ2) is 5.79. The molecule has 0 atom stereocenters. The molecule has 1 aromatic carbocycles. The monoisotopic (exact) mass is 253 g/mol. The van der Waals surface area contributed by atoms with Crippen LogP contribution in [-0.4, -0.2) is 24.0 Å². The molecule has 1 heterocycles. The van der Waals surface area contributed by atoms with Crippen molar-refractivity contribution in [3.63, 3.8) is 0 Å². The van der Waals surface area contributed by atoms with Crippen molar-refractivity contribution in [2.75, 3.05) is 13.1 Å². The summed E-state index contributed by atoms with van der Waals surface area (Å²) in [5.41, 5.74) is 0.526. The first-order chi connectivity index (χ1) is 8.56. The minimum Gasteiger partial charge on any atom is -0.301 e. The number of hydrogen-bond donors (Lipinski definition) is 0. The quantitative estimate of drug-likeness (QED) is 0.795. The molecule has 0 N–H and O–H groups in total. The number of benzene rings is 1. The molecule has 2 rings (SSSR count). The molecule has 0 aromatic heterocycles. The summed E-state index contributed by atoms with van der Waals surface area (Å²) in [4.78, 5) is 2.44. The molecule has 100 valence electrons. The third-order valence-corrected chi connectivity index (χ3v) is 3.90. The number of halogens is 2. The van der Waals surface area contributed by atoms with Gasteiger partial charge in [0, 0.05) is 6.04 Å². The summed E-state index contributed by atoms with van der Waals surface area (Å²) in [6.07, 6.45) is 2.82. The largest absolute Gasteiger partial charge is 0.301 e. The average molecular weight is 253 g/mol. The maximum absolute atomic E-state index is 13.6. The van der Waals surface area contributed by atoms with E-state index in [2.05, 4.69) is 18.7 Å². The highest BCUT2D eigenvalue weighted by molar-refractivity contribution is 5.19. The third kappa shape index (κ3) is 3.29. The van der Waals surface area contributed by atoms with Crippen molar-refractivity contribution in [2.24, 2.45) is 5.92 Å². The lowest BCUT2D eigenvalue weighted by Gasteiger charge is -2.34. The van der Waals surface area contributed by atoms with Gasteiger partial charge in [-0.3, -0.25) is 0 Å². The summed E-state index contributed by atoms with van der Waals surface area (Å²) in [7, 11) is 0. The molecule has 1 saturated heterocycles. The van der Waals surface area contributed by atoms with Crippen molar-refractivity contribution in [3.05, 3.63) is 35.4 Å². The number of nitrogens with zero attached hydrogens (tertiary/aromatic N) is 1. The molecular weight excluding hydrogens is 232 g/mol. The molecular formula is C15H21F2N. The van der Waals surface area contributed by atoms with E-state index in [-0.39, 0.29) is 11.6 Å². The normalized spacial score (nSPS) is 18.5. The van der Waals surface area contributed by atoms with Gasteiger partial charge in [-0.25, -0.2) is 8.78 Å². The van der Waals surface area contributed by atoms with Crippen LogP contribution in [0.5, 0.6) is 0 Å². The zero-order valence-corrected chi connectivity index (χ0v) is 11.1. The van der Waals surface area contributed by atoms with E-state index >= 15 is 0 Å². The summed E-state index contributed by atoms with van der Waals surface area (Å²) >= 11 is 0. The molecule has 0 spiro atoms. The lowest BCUT2D eigenvalue weighted by molar-refractivity contribution is 0.149. The van der Waals surface area contributed by atoms with Crippen LogP contribution in [0.15, 0.2) is 18.2 Å². The van der Waals surface area contributed by atoms with Crippen molar-refractivity contribution >= 4 is 0 Å². The van der Waals surface area contributed by atoms with Crippen LogP contribution in [0.3, 0.4) is 0 Å². The summed E-state index contributed by atoms with van der Waals surface area (Å²) in [6, 6.07) is 4.33. The molecule has 3 heteroatoms. The van der Waals surface area contributed by atoms with Gasteiger partial charge in [-0.05, 0) is 75.9 Å². The van der Waals surface area contributed by atoms with Gasteiger partial charge in [0.15, 0.2) is 0 Å². The second-order valence-corrected chi connectivity index (χ2v) is 5.51. The van der Waals surface area contributed by atoms with Gasteiger partial charge in [0.2, 0.25) is 0 Å². The zero-order chi connectivity index (χ0) is 13.1. The first kappa shape index (κ1) is 13.5. The van der Waals surface area contributed by atoms with Crippen LogP contribution in [0.4, 0.5) is 8.78 Å². The Bertz CT molecular complexity index is 395. The number of likely N-dealkylation sites (tertiary alicyclic amines) is 1. The van der Waals surface area contributed by atoms with Crippen LogP contribution in [0.2, 0.25) is 0 Å². The Labute approximate surface area is 108 Å². The van der Waals surface area contributed by atoms with Crippen LogP contribution < -0.4 is 0 Å². The Balaban J connectivity index is 1.93. The summed E-state index contributed by atoms with van der Waals surface area (Å²) < 4.78 is 26.6. The topological polar surface area (TPSA) is 3.24 Å². The van der Waals surface area contributed by atoms with Crippen LogP contribution >= 0.6 is 0 Å². The van der Waals surface area contributed by atoms with Gasteiger partial charge >= 0.3 is 0 Å². The molecule has 0 saturated carbocycles. The SMILES string of the molecule is CC(C)N1CCC(Cc2cc(F)ccc2F)CC1. The fraction of sp³-hybridized carbons (Fsp3) is 0.600. The summed E-state index contributed by atoms with van der Waals surface area (Å²) in [6.45, 7) is 6.54. The number of hydrogen-bond acceptors (Lipinski definition) is 1. The smallest absolute Gasteiger partial charge is 0.126 e. The molecule has 18 heavy (non-hydrogen) atoms. The van der Waals surface area contributed by atoms with Gasteiger partial charge < -0.3 is 4.90 Å². The summed E-state index contributed by atoms with van der Waals surface area (Å²) in [5.74, 6) is -0.134. The fourth-order valence-corrected chi connectivity index (χ4v) is 2.68. The number of rotatable bonds is 3. The maximum Gasteiger partial charge on any atom is 0.126 e. The van der Waals surface area contributed by atoms with E-state index in [1.807, 2.05) is 0 Å². The minimum absolute atomic E-state index is 0.275. The molecule has 0 radical (unpaired) electrons. The highest BCUT2D eigenvalue weighted by Crippen LogP contribution is 2.24. The van der Waals surface area contributed by atoms with Gasteiger partial charge in [-0.15, -0.1) is 0 Å². The van der Waals surface area contributed by atoms with Crippen LogP contribution in [-0.2, 0) is 6.42 Å². The van der Waals surface area contributed by atoms with E-state index in [0.717, 1.165) is 25.9 Å². The van der Waals surface area contributed by atoms with E-state index in [1.165, 1.54) is 18.2 Å². The molecule has 0 bridgehead atoms. The Hall–Kier alpha value is -0.960. The Morgan fingerprint density at radius 3 is 2.50 bits per heavy atom. The van der Waals surface area contributed by atoms with E-state index in [9.17, 15) is 8.78 Å². The lowest BCUT2D eigenvalue weighted by atomic mass is 9.89. The van der Waals surface area contributed by atoms with E-state index < -0.39 is 0 Å². The minimum atomic E-state index is -0.342. The lowest BCUT2D eigenvalue weighted by Crippen LogP contribution is -2.38. The van der Waals surface area contributed by atoms with Gasteiger partial charge in [-0.1, -0.05) is 0 Å². The second-order valence-electron chi connectivity index (χ2n) is 5.51. The molecule has 1 aromatic rings. The van der Waals surface area contributed by atoms with E-state index in [0.29, 0.717) is 23.9 Å². The van der Waals surface area contributed by atoms with Crippen molar-refractivity contribution in [3.8, 4) is 0 Å². The molecule has 1 fully saturated rings. The van der Waals surface area contributed by atoms with Gasteiger partial charge in [-0.2, -0.15) is 0 Å². The van der Waals surface area contributed by atoms with Crippen LogP contribution in [0.1, 0.15) is 32.3 Å². The van der Waals surface area contributed by atoms with E-state index in [4.69, 9.17) is 0 Å². The van der Waals surface area contributed by atoms with Gasteiger partial charge in [0.25, 0.3) is 0 Å². The Morgan fingerprint density at radius 2 is 1.89 bits per heavy atom. The van der Waals surface area contributed by atoms with Crippen molar-refractivity contribution in [2.45, 2.75) is 39.2 Å². The Morgan fingerprint density at radius 1 is 1.22 bits per heavy atom. The van der Waals surface area contributed by atoms with Crippen LogP contribution in [0, 0.1) is 17.6 Å².